The number of carbonyl (C=O) groups is 1. The molecule has 6 nitrogen and oxygen atoms in total. The van der Waals surface area contributed by atoms with Gasteiger partial charge in [0.1, 0.15) is 11.6 Å². The summed E-state index contributed by atoms with van der Waals surface area (Å²) in [5.41, 5.74) is 0.377. The van der Waals surface area contributed by atoms with Gasteiger partial charge in [0.05, 0.1) is 5.02 Å². The van der Waals surface area contributed by atoms with Crippen LogP contribution in [0.2, 0.25) is 5.02 Å². The molecule has 0 saturated carbocycles. The van der Waals surface area contributed by atoms with Crippen molar-refractivity contribution in [3.8, 4) is 5.75 Å². The number of rotatable bonds is 3. The van der Waals surface area contributed by atoms with Gasteiger partial charge in [-0.05, 0) is 43.3 Å². The molecule has 1 aromatic heterocycles. The van der Waals surface area contributed by atoms with Crippen LogP contribution in [0.1, 0.15) is 6.92 Å². The Morgan fingerprint density at radius 3 is 2.57 bits per heavy atom. The van der Waals surface area contributed by atoms with Crippen molar-refractivity contribution in [3.63, 3.8) is 0 Å². The van der Waals surface area contributed by atoms with Crippen molar-refractivity contribution in [1.29, 1.82) is 0 Å². The van der Waals surface area contributed by atoms with E-state index in [2.05, 4.69) is 15.0 Å². The van der Waals surface area contributed by atoms with Crippen LogP contribution in [0.4, 0.5) is 29.5 Å². The van der Waals surface area contributed by atoms with Gasteiger partial charge in [0.25, 0.3) is 0 Å². The summed E-state index contributed by atoms with van der Waals surface area (Å²) in [5.74, 6) is 0.331. The van der Waals surface area contributed by atoms with Gasteiger partial charge in [0.15, 0.2) is 0 Å². The van der Waals surface area contributed by atoms with Crippen molar-refractivity contribution >= 4 is 29.1 Å². The summed E-state index contributed by atoms with van der Waals surface area (Å²) in [7, 11) is 0. The smallest absolute Gasteiger partial charge is 0.406 e. The van der Waals surface area contributed by atoms with E-state index in [1.807, 2.05) is 11.8 Å². The van der Waals surface area contributed by atoms with Crippen LogP contribution in [0.15, 0.2) is 42.6 Å². The van der Waals surface area contributed by atoms with E-state index in [9.17, 15) is 18.0 Å². The van der Waals surface area contributed by atoms with Crippen molar-refractivity contribution < 1.29 is 22.7 Å². The third kappa shape index (κ3) is 4.98. The molecular weight excluding hydrogens is 397 g/mol. The second kappa shape index (κ2) is 8.14. The highest BCUT2D eigenvalue weighted by Gasteiger charge is 2.31. The Bertz CT molecular complexity index is 832. The molecule has 1 fully saturated rings. The van der Waals surface area contributed by atoms with Crippen LogP contribution in [0.5, 0.6) is 5.75 Å². The van der Waals surface area contributed by atoms with E-state index in [1.54, 1.807) is 23.2 Å². The lowest BCUT2D eigenvalue weighted by Gasteiger charge is -2.40. The highest BCUT2D eigenvalue weighted by Crippen LogP contribution is 2.27. The molecule has 1 aromatic carbocycles. The molecule has 2 aromatic rings. The SMILES string of the molecule is CC1CN(C(=O)Nc2ccc(OC(F)(F)F)cc2)CCN1c1ncccc1Cl. The van der Waals surface area contributed by atoms with Gasteiger partial charge in [-0.1, -0.05) is 11.6 Å². The van der Waals surface area contributed by atoms with Gasteiger partial charge in [0, 0.05) is 37.6 Å². The van der Waals surface area contributed by atoms with Gasteiger partial charge >= 0.3 is 12.4 Å². The molecule has 0 spiro atoms. The minimum absolute atomic E-state index is 0.00513. The standard InChI is InChI=1S/C18H18ClF3N4O2/c1-12-11-25(9-10-26(12)16-15(19)3-2-8-23-16)17(27)24-13-4-6-14(7-5-13)28-18(20,21)22/h2-8,12H,9-11H2,1H3,(H,24,27). The molecule has 28 heavy (non-hydrogen) atoms. The van der Waals surface area contributed by atoms with E-state index in [-0.39, 0.29) is 17.8 Å². The van der Waals surface area contributed by atoms with Crippen molar-refractivity contribution in [2.45, 2.75) is 19.3 Å². The average molecular weight is 415 g/mol. The van der Waals surface area contributed by atoms with Crippen LogP contribution in [-0.2, 0) is 0 Å². The van der Waals surface area contributed by atoms with Crippen molar-refractivity contribution in [2.75, 3.05) is 29.9 Å². The van der Waals surface area contributed by atoms with Crippen LogP contribution in [0, 0.1) is 0 Å². The molecule has 1 N–H and O–H groups in total. The number of carbonyl (C=O) groups excluding carboxylic acids is 1. The molecular formula is C18H18ClF3N4O2. The molecule has 0 aliphatic carbocycles. The first-order valence-corrected chi connectivity index (χ1v) is 8.89. The highest BCUT2D eigenvalue weighted by atomic mass is 35.5. The predicted molar refractivity (Wildman–Crippen MR) is 99.8 cm³/mol. The molecule has 2 amide bonds. The Morgan fingerprint density at radius 2 is 1.96 bits per heavy atom. The number of aromatic nitrogens is 1. The van der Waals surface area contributed by atoms with Gasteiger partial charge in [-0.25, -0.2) is 9.78 Å². The summed E-state index contributed by atoms with van der Waals surface area (Å²) in [5, 5.41) is 3.23. The number of anilines is 2. The number of hydrogen-bond acceptors (Lipinski definition) is 4. The Kier molecular flexibility index (Phi) is 5.83. The van der Waals surface area contributed by atoms with Crippen LogP contribution < -0.4 is 15.0 Å². The van der Waals surface area contributed by atoms with Gasteiger partial charge in [-0.3, -0.25) is 0 Å². The molecule has 1 aliphatic rings. The number of urea groups is 1. The second-order valence-electron chi connectivity index (χ2n) is 6.30. The topological polar surface area (TPSA) is 57.7 Å². The van der Waals surface area contributed by atoms with Crippen molar-refractivity contribution in [2.24, 2.45) is 0 Å². The third-order valence-corrected chi connectivity index (χ3v) is 4.56. The minimum atomic E-state index is -4.75. The maximum Gasteiger partial charge on any atom is 0.573 e. The number of alkyl halides is 3. The number of piperazine rings is 1. The number of amides is 2. The molecule has 1 aliphatic heterocycles. The normalized spacial score (nSPS) is 17.4. The van der Waals surface area contributed by atoms with E-state index in [0.29, 0.717) is 36.2 Å². The summed E-state index contributed by atoms with van der Waals surface area (Å²) in [6.07, 6.45) is -3.09. The summed E-state index contributed by atoms with van der Waals surface area (Å²) in [4.78, 5) is 20.5. The molecule has 1 saturated heterocycles. The number of halogens is 4. The molecule has 1 unspecified atom stereocenters. The number of pyridine rings is 1. The predicted octanol–water partition coefficient (Wildman–Crippen LogP) is 4.38. The Balaban J connectivity index is 1.58. The Hall–Kier alpha value is -2.68. The number of ether oxygens (including phenoxy) is 1. The first-order chi connectivity index (χ1) is 13.2. The molecule has 3 rings (SSSR count). The van der Waals surface area contributed by atoms with E-state index in [0.717, 1.165) is 12.1 Å². The van der Waals surface area contributed by atoms with Crippen LogP contribution >= 0.6 is 11.6 Å². The van der Waals surface area contributed by atoms with Crippen LogP contribution in [0.3, 0.4) is 0 Å². The fourth-order valence-electron chi connectivity index (χ4n) is 2.99. The summed E-state index contributed by atoms with van der Waals surface area (Å²) >= 11 is 6.20. The Labute approximate surface area is 164 Å². The lowest BCUT2D eigenvalue weighted by molar-refractivity contribution is -0.274. The number of benzene rings is 1. The minimum Gasteiger partial charge on any atom is -0.406 e. The van der Waals surface area contributed by atoms with Crippen LogP contribution in [0.25, 0.3) is 0 Å². The zero-order valence-electron chi connectivity index (χ0n) is 14.9. The van der Waals surface area contributed by atoms with Gasteiger partial charge < -0.3 is 19.9 Å². The lowest BCUT2D eigenvalue weighted by Crippen LogP contribution is -2.55. The number of hydrogen-bond donors (Lipinski definition) is 1. The molecule has 0 radical (unpaired) electrons. The molecule has 150 valence electrons. The first kappa shape index (κ1) is 20.1. The molecule has 10 heteroatoms. The van der Waals surface area contributed by atoms with Gasteiger partial charge in [-0.2, -0.15) is 0 Å². The van der Waals surface area contributed by atoms with E-state index in [4.69, 9.17) is 11.6 Å². The zero-order valence-corrected chi connectivity index (χ0v) is 15.7. The second-order valence-corrected chi connectivity index (χ2v) is 6.71. The quantitative estimate of drug-likeness (QED) is 0.810. The molecule has 2 heterocycles. The summed E-state index contributed by atoms with van der Waals surface area (Å²) in [6, 6.07) is 8.18. The third-order valence-electron chi connectivity index (χ3n) is 4.26. The fraction of sp³-hybridized carbons (Fsp3) is 0.333. The number of nitrogens with zero attached hydrogens (tertiary/aromatic N) is 3. The largest absolute Gasteiger partial charge is 0.573 e. The van der Waals surface area contributed by atoms with Crippen molar-refractivity contribution in [1.82, 2.24) is 9.88 Å². The van der Waals surface area contributed by atoms with E-state index < -0.39 is 6.36 Å². The van der Waals surface area contributed by atoms with Crippen molar-refractivity contribution in [3.05, 3.63) is 47.6 Å². The van der Waals surface area contributed by atoms with E-state index in [1.165, 1.54) is 12.1 Å². The summed E-state index contributed by atoms with van der Waals surface area (Å²) < 4.78 is 40.4. The summed E-state index contributed by atoms with van der Waals surface area (Å²) in [6.45, 7) is 3.43. The average Bonchev–Trinajstić information content (AvgIpc) is 2.63. The molecule has 1 atom stereocenters. The maximum atomic E-state index is 12.5. The van der Waals surface area contributed by atoms with Gasteiger partial charge in [0.2, 0.25) is 0 Å². The fourth-order valence-corrected chi connectivity index (χ4v) is 3.22. The maximum absolute atomic E-state index is 12.5. The monoisotopic (exact) mass is 414 g/mol. The molecule has 0 bridgehead atoms. The first-order valence-electron chi connectivity index (χ1n) is 8.52. The number of nitrogens with one attached hydrogen (secondary N) is 1. The van der Waals surface area contributed by atoms with Gasteiger partial charge in [-0.15, -0.1) is 13.2 Å². The highest BCUT2D eigenvalue weighted by molar-refractivity contribution is 6.32. The zero-order chi connectivity index (χ0) is 20.3. The van der Waals surface area contributed by atoms with E-state index >= 15 is 0 Å². The lowest BCUT2D eigenvalue weighted by atomic mass is 10.2. The van der Waals surface area contributed by atoms with Crippen LogP contribution in [-0.4, -0.2) is 48.0 Å². The Morgan fingerprint density at radius 1 is 1.25 bits per heavy atom.